The molecule has 0 radical (unpaired) electrons. The van der Waals surface area contributed by atoms with E-state index in [9.17, 15) is 13.2 Å². The van der Waals surface area contributed by atoms with Crippen LogP contribution in [-0.2, 0) is 16.6 Å². The van der Waals surface area contributed by atoms with Crippen molar-refractivity contribution in [3.8, 4) is 5.75 Å². The van der Waals surface area contributed by atoms with Crippen LogP contribution in [0.5, 0.6) is 5.75 Å². The van der Waals surface area contributed by atoms with E-state index in [4.69, 9.17) is 20.8 Å². The molecule has 0 aliphatic carbocycles. The lowest BCUT2D eigenvalue weighted by Gasteiger charge is -2.20. The van der Waals surface area contributed by atoms with Crippen molar-refractivity contribution >= 4 is 54.2 Å². The van der Waals surface area contributed by atoms with Gasteiger partial charge in [-0.1, -0.05) is 35.1 Å². The summed E-state index contributed by atoms with van der Waals surface area (Å²) in [5.74, 6) is 0.698. The Balaban J connectivity index is 1.71. The topological polar surface area (TPSA) is 93.0 Å². The number of methoxy groups -OCH3 is 1. The number of benzene rings is 2. The fourth-order valence-corrected chi connectivity index (χ4v) is 6.27. The summed E-state index contributed by atoms with van der Waals surface area (Å²) in [4.78, 5) is 19.9. The molecular weight excluding hydrogens is 534 g/mol. The molecule has 0 aliphatic rings. The van der Waals surface area contributed by atoms with Gasteiger partial charge in [-0.25, -0.2) is 13.4 Å². The lowest BCUT2D eigenvalue weighted by molar-refractivity contribution is 0.0983. The van der Waals surface area contributed by atoms with Gasteiger partial charge in [-0.15, -0.1) is 13.2 Å². The molecule has 37 heavy (non-hydrogen) atoms. The first-order valence-corrected chi connectivity index (χ1v) is 13.7. The average molecular weight is 558 g/mol. The third-order valence-electron chi connectivity index (χ3n) is 5.44. The second-order valence-corrected chi connectivity index (χ2v) is 11.1. The van der Waals surface area contributed by atoms with Gasteiger partial charge in [0.15, 0.2) is 5.13 Å². The predicted octanol–water partition coefficient (Wildman–Crippen LogP) is 5.76. The van der Waals surface area contributed by atoms with E-state index in [0.29, 0.717) is 31.9 Å². The Bertz CT molecular complexity index is 1520. The lowest BCUT2D eigenvalue weighted by Crippen LogP contribution is -2.32. The number of halogens is 1. The first-order chi connectivity index (χ1) is 17.8. The average Bonchev–Trinajstić information content (AvgIpc) is 3.58. The van der Waals surface area contributed by atoms with Crippen molar-refractivity contribution in [2.24, 2.45) is 0 Å². The number of carbonyl (C=O) groups is 1. The van der Waals surface area contributed by atoms with Crippen LogP contribution in [0.3, 0.4) is 0 Å². The fourth-order valence-electron chi connectivity index (χ4n) is 3.64. The van der Waals surface area contributed by atoms with E-state index in [1.165, 1.54) is 70.3 Å². The van der Waals surface area contributed by atoms with E-state index in [1.54, 1.807) is 24.3 Å². The molecule has 0 atom stereocenters. The van der Waals surface area contributed by atoms with Gasteiger partial charge in [0.2, 0.25) is 10.0 Å². The first kappa shape index (κ1) is 26.6. The van der Waals surface area contributed by atoms with Crippen LogP contribution in [0.15, 0.2) is 89.4 Å². The smallest absolute Gasteiger partial charge is 0.260 e. The molecule has 0 bridgehead atoms. The summed E-state index contributed by atoms with van der Waals surface area (Å²) in [5.41, 5.74) is 0.819. The Morgan fingerprint density at radius 3 is 2.43 bits per heavy atom. The van der Waals surface area contributed by atoms with Gasteiger partial charge in [-0.3, -0.25) is 9.69 Å². The molecule has 0 aliphatic heterocycles. The van der Waals surface area contributed by atoms with Crippen LogP contribution < -0.4 is 9.64 Å². The zero-order chi connectivity index (χ0) is 26.6. The molecule has 11 heteroatoms. The van der Waals surface area contributed by atoms with Crippen molar-refractivity contribution in [3.05, 3.63) is 96.5 Å². The highest BCUT2D eigenvalue weighted by atomic mass is 35.5. The van der Waals surface area contributed by atoms with E-state index in [0.717, 1.165) is 0 Å². The van der Waals surface area contributed by atoms with Crippen LogP contribution in [0.25, 0.3) is 10.2 Å². The number of sulfonamides is 1. The van der Waals surface area contributed by atoms with Crippen molar-refractivity contribution in [3.63, 3.8) is 0 Å². The molecule has 1 amide bonds. The van der Waals surface area contributed by atoms with Crippen molar-refractivity contribution in [1.29, 1.82) is 0 Å². The maximum atomic E-state index is 13.7. The van der Waals surface area contributed by atoms with Crippen LogP contribution in [0.1, 0.15) is 16.1 Å². The molecule has 0 saturated carbocycles. The second kappa shape index (κ2) is 11.3. The number of aromatic nitrogens is 1. The number of fused-ring (bicyclic) bond motifs is 1. The molecule has 0 N–H and O–H groups in total. The van der Waals surface area contributed by atoms with E-state index in [2.05, 4.69) is 18.1 Å². The number of hydrogen-bond acceptors (Lipinski definition) is 7. The van der Waals surface area contributed by atoms with Gasteiger partial charge in [0.1, 0.15) is 17.0 Å². The van der Waals surface area contributed by atoms with E-state index >= 15 is 0 Å². The maximum absolute atomic E-state index is 13.7. The summed E-state index contributed by atoms with van der Waals surface area (Å²) in [6.45, 7) is 7.62. The lowest BCUT2D eigenvalue weighted by atomic mass is 10.2. The molecule has 0 saturated heterocycles. The predicted molar refractivity (Wildman–Crippen MR) is 146 cm³/mol. The molecule has 8 nitrogen and oxygen atoms in total. The number of ether oxygens (including phenoxy) is 1. The molecule has 2 aromatic heterocycles. The standard InChI is InChI=1S/C26H24ClN3O5S2/c1-4-14-29(15-5-2)37(32,33)20-10-8-18(9-11-20)25(31)30(17-19-7-6-16-35-19)26-28-23-22(34-3)13-12-21(27)24(23)36-26/h4-13,16H,1-2,14-15,17H2,3H3. The van der Waals surface area contributed by atoms with E-state index < -0.39 is 10.0 Å². The Labute approximate surface area is 224 Å². The van der Waals surface area contributed by atoms with Crippen LogP contribution in [0.2, 0.25) is 5.02 Å². The molecule has 2 aromatic carbocycles. The summed E-state index contributed by atoms with van der Waals surface area (Å²) in [7, 11) is -2.26. The molecule has 2 heterocycles. The molecule has 192 valence electrons. The van der Waals surface area contributed by atoms with E-state index in [1.807, 2.05) is 0 Å². The number of thiazole rings is 1. The zero-order valence-corrected chi connectivity index (χ0v) is 22.4. The Kier molecular flexibility index (Phi) is 8.13. The molecule has 0 unspecified atom stereocenters. The summed E-state index contributed by atoms with van der Waals surface area (Å²) < 4.78 is 38.9. The van der Waals surface area contributed by atoms with Gasteiger partial charge in [0.05, 0.1) is 34.5 Å². The fraction of sp³-hybridized carbons (Fsp3) is 0.154. The minimum atomic E-state index is -3.80. The van der Waals surface area contributed by atoms with Gasteiger partial charge in [0, 0.05) is 18.7 Å². The largest absolute Gasteiger partial charge is 0.494 e. The maximum Gasteiger partial charge on any atom is 0.260 e. The quantitative estimate of drug-likeness (QED) is 0.218. The summed E-state index contributed by atoms with van der Waals surface area (Å²) in [6, 6.07) is 12.7. The van der Waals surface area contributed by atoms with Crippen LogP contribution in [0.4, 0.5) is 5.13 Å². The van der Waals surface area contributed by atoms with Crippen LogP contribution >= 0.6 is 22.9 Å². The molecule has 0 fully saturated rings. The molecule has 0 spiro atoms. The zero-order valence-electron chi connectivity index (χ0n) is 20.0. The SMILES string of the molecule is C=CCN(CC=C)S(=O)(=O)c1ccc(C(=O)N(Cc2ccco2)c2nc3c(OC)ccc(Cl)c3s2)cc1. The normalized spacial score (nSPS) is 11.5. The Morgan fingerprint density at radius 2 is 1.84 bits per heavy atom. The van der Waals surface area contributed by atoms with Crippen molar-refractivity contribution in [1.82, 2.24) is 9.29 Å². The van der Waals surface area contributed by atoms with E-state index in [-0.39, 0.29) is 36.0 Å². The molecular formula is C26H24ClN3O5S2. The van der Waals surface area contributed by atoms with Crippen molar-refractivity contribution < 1.29 is 22.4 Å². The first-order valence-electron chi connectivity index (χ1n) is 11.1. The third kappa shape index (κ3) is 5.47. The monoisotopic (exact) mass is 557 g/mol. The number of carbonyl (C=O) groups excluding carboxylic acids is 1. The Hall–Kier alpha value is -3.44. The highest BCUT2D eigenvalue weighted by molar-refractivity contribution is 7.89. The van der Waals surface area contributed by atoms with Crippen molar-refractivity contribution in [2.75, 3.05) is 25.1 Å². The number of rotatable bonds is 11. The van der Waals surface area contributed by atoms with Crippen molar-refractivity contribution in [2.45, 2.75) is 11.4 Å². The molecule has 4 rings (SSSR count). The number of hydrogen-bond donors (Lipinski definition) is 0. The summed E-state index contributed by atoms with van der Waals surface area (Å²) in [6.07, 6.45) is 4.53. The Morgan fingerprint density at radius 1 is 1.14 bits per heavy atom. The number of anilines is 1. The minimum Gasteiger partial charge on any atom is -0.494 e. The van der Waals surface area contributed by atoms with Crippen LogP contribution in [0, 0.1) is 0 Å². The number of nitrogens with zero attached hydrogens (tertiary/aromatic N) is 3. The van der Waals surface area contributed by atoms with Gasteiger partial charge >= 0.3 is 0 Å². The van der Waals surface area contributed by atoms with Gasteiger partial charge in [-0.05, 0) is 48.5 Å². The van der Waals surface area contributed by atoms with Gasteiger partial charge < -0.3 is 9.15 Å². The minimum absolute atomic E-state index is 0.0573. The summed E-state index contributed by atoms with van der Waals surface area (Å²) in [5, 5.41) is 0.880. The second-order valence-electron chi connectivity index (χ2n) is 7.82. The van der Waals surface area contributed by atoms with Gasteiger partial charge in [0.25, 0.3) is 5.91 Å². The highest BCUT2D eigenvalue weighted by Gasteiger charge is 2.26. The van der Waals surface area contributed by atoms with Gasteiger partial charge in [-0.2, -0.15) is 4.31 Å². The van der Waals surface area contributed by atoms with Crippen LogP contribution in [-0.4, -0.2) is 43.8 Å². The highest BCUT2D eigenvalue weighted by Crippen LogP contribution is 2.39. The summed E-state index contributed by atoms with van der Waals surface area (Å²) >= 11 is 7.64. The molecule has 4 aromatic rings. The third-order valence-corrected chi connectivity index (χ3v) is 8.83. The number of amides is 1. The number of furan rings is 1.